The first-order valence-corrected chi connectivity index (χ1v) is 9.35. The number of amidine groups is 1. The van der Waals surface area contributed by atoms with Crippen LogP contribution in [0.25, 0.3) is 5.70 Å². The van der Waals surface area contributed by atoms with Gasteiger partial charge in [-0.2, -0.15) is 5.26 Å². The highest BCUT2D eigenvalue weighted by molar-refractivity contribution is 8.13. The van der Waals surface area contributed by atoms with E-state index < -0.39 is 0 Å². The Bertz CT molecular complexity index is 851. The van der Waals surface area contributed by atoms with E-state index in [-0.39, 0.29) is 11.8 Å². The van der Waals surface area contributed by atoms with Crippen molar-refractivity contribution >= 4 is 28.3 Å². The Morgan fingerprint density at radius 1 is 1.15 bits per heavy atom. The highest BCUT2D eigenvalue weighted by Crippen LogP contribution is 2.30. The summed E-state index contributed by atoms with van der Waals surface area (Å²) in [6.45, 7) is 0. The highest BCUT2D eigenvalue weighted by atomic mass is 32.2. The van der Waals surface area contributed by atoms with Crippen LogP contribution in [-0.2, 0) is 0 Å². The molecule has 0 radical (unpaired) electrons. The molecule has 0 aromatic heterocycles. The minimum Gasteiger partial charge on any atom is -0.508 e. The molecule has 2 aromatic carbocycles. The fraction of sp³-hybridized carbons (Fsp3) is 0.200. The lowest BCUT2D eigenvalue weighted by Crippen LogP contribution is -2.24. The Kier molecular flexibility index (Phi) is 5.82. The maximum absolute atomic E-state index is 9.52. The molecular weight excluding hydrogens is 344 g/mol. The summed E-state index contributed by atoms with van der Waals surface area (Å²) in [6.07, 6.45) is 3.44. The van der Waals surface area contributed by atoms with Gasteiger partial charge in [0.15, 0.2) is 5.17 Å². The van der Waals surface area contributed by atoms with Gasteiger partial charge in [-0.15, -0.1) is 0 Å². The summed E-state index contributed by atoms with van der Waals surface area (Å²) in [4.78, 5) is 4.78. The van der Waals surface area contributed by atoms with Crippen molar-refractivity contribution in [1.29, 1.82) is 5.26 Å². The number of rotatable bonds is 5. The van der Waals surface area contributed by atoms with Crippen molar-refractivity contribution in [2.45, 2.75) is 18.9 Å². The van der Waals surface area contributed by atoms with Gasteiger partial charge in [-0.25, -0.2) is 4.99 Å². The molecule has 1 heterocycles. The van der Waals surface area contributed by atoms with Gasteiger partial charge >= 0.3 is 0 Å². The zero-order chi connectivity index (χ0) is 18.4. The molecule has 1 aliphatic rings. The maximum atomic E-state index is 9.52. The molecule has 0 saturated carbocycles. The minimum atomic E-state index is -0.136. The fourth-order valence-electron chi connectivity index (χ4n) is 2.58. The van der Waals surface area contributed by atoms with E-state index in [2.05, 4.69) is 17.5 Å². The largest absolute Gasteiger partial charge is 0.508 e. The van der Waals surface area contributed by atoms with E-state index in [0.29, 0.717) is 6.42 Å². The Balaban J connectivity index is 1.85. The number of thioether (sulfide) groups is 1. The number of anilines is 1. The van der Waals surface area contributed by atoms with Crippen molar-refractivity contribution in [3.05, 3.63) is 65.7 Å². The molecule has 0 fully saturated rings. The molecule has 1 aliphatic heterocycles. The molecule has 0 aliphatic carbocycles. The third-order valence-electron chi connectivity index (χ3n) is 3.95. The molecule has 4 N–H and O–H groups in total. The summed E-state index contributed by atoms with van der Waals surface area (Å²) in [5.74, 6) is 1.07. The number of unbranched alkanes of at least 4 members (excludes halogenated alkanes) is 1. The van der Waals surface area contributed by atoms with E-state index in [4.69, 9.17) is 16.0 Å². The number of hydrogen-bond donors (Lipinski definition) is 3. The lowest BCUT2D eigenvalue weighted by molar-refractivity contribution is 0.475. The van der Waals surface area contributed by atoms with Crippen molar-refractivity contribution in [2.75, 3.05) is 11.5 Å². The quantitative estimate of drug-likeness (QED) is 0.549. The number of benzene rings is 2. The number of nitrogen functional groups attached to an aromatic ring is 1. The van der Waals surface area contributed by atoms with Crippen molar-refractivity contribution in [3.63, 3.8) is 0 Å². The van der Waals surface area contributed by atoms with E-state index in [0.717, 1.165) is 39.9 Å². The molecule has 0 spiro atoms. The van der Waals surface area contributed by atoms with Crippen LogP contribution < -0.4 is 11.1 Å². The summed E-state index contributed by atoms with van der Waals surface area (Å²) < 4.78 is 0. The molecule has 1 unspecified atom stereocenters. The third kappa shape index (κ3) is 4.58. The fourth-order valence-corrected chi connectivity index (χ4v) is 3.43. The second-order valence-electron chi connectivity index (χ2n) is 5.91. The Morgan fingerprint density at radius 2 is 1.88 bits per heavy atom. The van der Waals surface area contributed by atoms with Gasteiger partial charge in [-0.05, 0) is 47.9 Å². The standard InChI is InChI=1S/C20H20N4OS/c21-11-1-2-12-26-20-23-18(14-3-7-16(22)8-4-14)13-19(24-20)15-5-9-17(25)10-6-15/h3-10,13,19,25H,1-2,12,22H2,(H,23,24). The molecule has 0 bridgehead atoms. The topological polar surface area (TPSA) is 94.4 Å². The van der Waals surface area contributed by atoms with Crippen molar-refractivity contribution in [1.82, 2.24) is 5.32 Å². The summed E-state index contributed by atoms with van der Waals surface area (Å²) in [5.41, 5.74) is 9.53. The molecule has 3 rings (SSSR count). The van der Waals surface area contributed by atoms with Gasteiger partial charge in [0, 0.05) is 23.6 Å². The summed E-state index contributed by atoms with van der Waals surface area (Å²) >= 11 is 1.61. The molecule has 6 heteroatoms. The van der Waals surface area contributed by atoms with Gasteiger partial charge in [-0.3, -0.25) is 0 Å². The van der Waals surface area contributed by atoms with Crippen LogP contribution in [0.4, 0.5) is 5.69 Å². The highest BCUT2D eigenvalue weighted by Gasteiger charge is 2.18. The first kappa shape index (κ1) is 17.9. The van der Waals surface area contributed by atoms with Crippen LogP contribution in [0.3, 0.4) is 0 Å². The lowest BCUT2D eigenvalue weighted by Gasteiger charge is -2.22. The molecule has 0 amide bonds. The molecule has 132 valence electrons. The molecular formula is C20H20N4OS. The van der Waals surface area contributed by atoms with Crippen molar-refractivity contribution in [2.24, 2.45) is 4.99 Å². The van der Waals surface area contributed by atoms with Gasteiger partial charge in [-0.1, -0.05) is 36.0 Å². The van der Waals surface area contributed by atoms with Crippen molar-refractivity contribution < 1.29 is 5.11 Å². The van der Waals surface area contributed by atoms with Crippen LogP contribution in [0.5, 0.6) is 5.75 Å². The van der Waals surface area contributed by atoms with Gasteiger partial charge in [0.2, 0.25) is 0 Å². The Labute approximate surface area is 157 Å². The first-order valence-electron chi connectivity index (χ1n) is 8.37. The van der Waals surface area contributed by atoms with Gasteiger partial charge in [0.25, 0.3) is 0 Å². The Morgan fingerprint density at radius 3 is 2.58 bits per heavy atom. The van der Waals surface area contributed by atoms with Gasteiger partial charge in [0.1, 0.15) is 5.75 Å². The number of hydrogen-bond acceptors (Lipinski definition) is 6. The van der Waals surface area contributed by atoms with E-state index in [1.807, 2.05) is 36.4 Å². The zero-order valence-corrected chi connectivity index (χ0v) is 15.0. The number of phenolic OH excluding ortho intramolecular Hbond substituents is 1. The smallest absolute Gasteiger partial charge is 0.161 e. The van der Waals surface area contributed by atoms with Crippen LogP contribution >= 0.6 is 11.8 Å². The monoisotopic (exact) mass is 364 g/mol. The number of nitrogens with zero attached hydrogens (tertiary/aromatic N) is 2. The summed E-state index contributed by atoms with van der Waals surface area (Å²) in [6, 6.07) is 16.8. The minimum absolute atomic E-state index is 0.136. The summed E-state index contributed by atoms with van der Waals surface area (Å²) in [5, 5.41) is 22.4. The normalized spacial score (nSPS) is 16.2. The number of aromatic hydroxyl groups is 1. The average Bonchev–Trinajstić information content (AvgIpc) is 2.66. The predicted molar refractivity (Wildman–Crippen MR) is 108 cm³/mol. The Hall–Kier alpha value is -2.91. The van der Waals surface area contributed by atoms with Crippen LogP contribution in [0.2, 0.25) is 0 Å². The summed E-state index contributed by atoms with van der Waals surface area (Å²) in [7, 11) is 0. The van der Waals surface area contributed by atoms with E-state index in [9.17, 15) is 5.11 Å². The van der Waals surface area contributed by atoms with Crippen LogP contribution in [0.1, 0.15) is 30.0 Å². The molecule has 5 nitrogen and oxygen atoms in total. The van der Waals surface area contributed by atoms with Gasteiger partial charge in [0.05, 0.1) is 12.1 Å². The zero-order valence-electron chi connectivity index (χ0n) is 14.2. The van der Waals surface area contributed by atoms with Crippen LogP contribution in [0, 0.1) is 11.3 Å². The molecule has 0 saturated heterocycles. The average molecular weight is 364 g/mol. The predicted octanol–water partition coefficient (Wildman–Crippen LogP) is 4.05. The molecule has 1 atom stereocenters. The van der Waals surface area contributed by atoms with E-state index >= 15 is 0 Å². The molecule has 26 heavy (non-hydrogen) atoms. The second kappa shape index (κ2) is 8.45. The lowest BCUT2D eigenvalue weighted by atomic mass is 10.0. The van der Waals surface area contributed by atoms with E-state index in [1.165, 1.54) is 0 Å². The second-order valence-corrected chi connectivity index (χ2v) is 6.99. The third-order valence-corrected chi connectivity index (χ3v) is 4.92. The van der Waals surface area contributed by atoms with Gasteiger partial charge < -0.3 is 16.2 Å². The number of nitrogens with one attached hydrogen (secondary N) is 1. The number of phenols is 1. The SMILES string of the molecule is N#CCCCSC1=NC(c2ccc(O)cc2)C=C(c2ccc(N)cc2)N1. The number of nitriles is 1. The van der Waals surface area contributed by atoms with Crippen LogP contribution in [-0.4, -0.2) is 16.0 Å². The maximum Gasteiger partial charge on any atom is 0.161 e. The van der Waals surface area contributed by atoms with Crippen molar-refractivity contribution in [3.8, 4) is 11.8 Å². The molecule has 2 aromatic rings. The number of aliphatic imine (C=N–C) groups is 1. The number of nitrogens with two attached hydrogens (primary N) is 1. The van der Waals surface area contributed by atoms with E-state index in [1.54, 1.807) is 23.9 Å². The van der Waals surface area contributed by atoms with Crippen LogP contribution in [0.15, 0.2) is 59.6 Å². The first-order chi connectivity index (χ1) is 12.7.